The van der Waals surface area contributed by atoms with Gasteiger partial charge in [-0.3, -0.25) is 4.79 Å². The first-order chi connectivity index (χ1) is 5.42. The summed E-state index contributed by atoms with van der Waals surface area (Å²) in [5, 5.41) is 8.37. The molecule has 13 heavy (non-hydrogen) atoms. The first kappa shape index (κ1) is 15.8. The monoisotopic (exact) mass is 286 g/mol. The van der Waals surface area contributed by atoms with Crippen molar-refractivity contribution in [1.29, 1.82) is 0 Å². The van der Waals surface area contributed by atoms with Crippen molar-refractivity contribution in [2.75, 3.05) is 0 Å². The Labute approximate surface area is 101 Å². The van der Waals surface area contributed by atoms with Crippen molar-refractivity contribution in [3.05, 3.63) is 0 Å². The van der Waals surface area contributed by atoms with Gasteiger partial charge in [0, 0.05) is 33.7 Å². The molecule has 0 aromatic rings. The molecule has 0 saturated heterocycles. The molecule has 0 amide bonds. The summed E-state index contributed by atoms with van der Waals surface area (Å²) in [7, 11) is 0. The minimum Gasteiger partial charge on any atom is -0.481 e. The zero-order chi connectivity index (χ0) is 9.61. The predicted octanol–water partition coefficient (Wildman–Crippen LogP) is 3.07. The molecule has 0 saturated carbocycles. The molecule has 0 fully saturated rings. The summed E-state index contributed by atoms with van der Waals surface area (Å²) < 4.78 is 0. The number of hydrogen-bond donors (Lipinski definition) is 1. The van der Waals surface area contributed by atoms with E-state index in [2.05, 4.69) is 20.8 Å². The predicted molar refractivity (Wildman–Crippen MR) is 50.2 cm³/mol. The molecule has 0 bridgehead atoms. The fourth-order valence-corrected chi connectivity index (χ4v) is 1.11. The molecule has 2 nitrogen and oxygen atoms in total. The molecular formula is C10H20CdO2. The Bertz CT molecular complexity index is 138. The van der Waals surface area contributed by atoms with E-state index in [1.54, 1.807) is 0 Å². The number of aliphatic carboxylic acids is 1. The SMILES string of the molecule is CC(C)(C)CCCCCC(=O)O.[Cd]. The van der Waals surface area contributed by atoms with E-state index in [-0.39, 0.29) is 27.3 Å². The molecule has 74 valence electrons. The maximum absolute atomic E-state index is 10.2. The second kappa shape index (κ2) is 7.76. The molecule has 0 spiro atoms. The van der Waals surface area contributed by atoms with Gasteiger partial charge in [-0.2, -0.15) is 0 Å². The average Bonchev–Trinajstić information content (AvgIpc) is 1.83. The molecular weight excluding hydrogens is 265 g/mol. The number of rotatable bonds is 5. The number of carboxylic acid groups (broad SMARTS) is 1. The second-order valence-corrected chi connectivity index (χ2v) is 4.52. The average molecular weight is 285 g/mol. The first-order valence-electron chi connectivity index (χ1n) is 4.63. The zero-order valence-electron chi connectivity index (χ0n) is 9.10. The van der Waals surface area contributed by atoms with E-state index in [9.17, 15) is 4.79 Å². The summed E-state index contributed by atoms with van der Waals surface area (Å²) in [6, 6.07) is 0. The standard InChI is InChI=1S/C10H20O2.Cd/c1-10(2,3)8-6-4-5-7-9(11)12;/h4-8H2,1-3H3,(H,11,12);. The van der Waals surface area contributed by atoms with Crippen molar-refractivity contribution in [2.24, 2.45) is 5.41 Å². The van der Waals surface area contributed by atoms with Gasteiger partial charge >= 0.3 is 5.97 Å². The summed E-state index contributed by atoms with van der Waals surface area (Å²) in [4.78, 5) is 10.2. The molecule has 0 aromatic heterocycles. The third kappa shape index (κ3) is 15.2. The van der Waals surface area contributed by atoms with Crippen LogP contribution in [0.25, 0.3) is 0 Å². The van der Waals surface area contributed by atoms with E-state index in [1.807, 2.05) is 0 Å². The summed E-state index contributed by atoms with van der Waals surface area (Å²) >= 11 is 0. The number of unbranched alkanes of at least 4 members (excludes halogenated alkanes) is 2. The fraction of sp³-hybridized carbons (Fsp3) is 0.900. The summed E-state index contributed by atoms with van der Waals surface area (Å²) in [5.74, 6) is -0.675. The van der Waals surface area contributed by atoms with E-state index in [0.717, 1.165) is 19.3 Å². The summed E-state index contributed by atoms with van der Waals surface area (Å²) in [5.41, 5.74) is 0.392. The number of hydrogen-bond acceptors (Lipinski definition) is 1. The van der Waals surface area contributed by atoms with Crippen LogP contribution in [0.4, 0.5) is 0 Å². The van der Waals surface area contributed by atoms with Crippen LogP contribution in [-0.4, -0.2) is 11.1 Å². The van der Waals surface area contributed by atoms with Gasteiger partial charge in [-0.25, -0.2) is 0 Å². The zero-order valence-corrected chi connectivity index (χ0v) is 13.1. The Morgan fingerprint density at radius 3 is 2.08 bits per heavy atom. The van der Waals surface area contributed by atoms with Crippen molar-refractivity contribution < 1.29 is 37.2 Å². The molecule has 0 rings (SSSR count). The van der Waals surface area contributed by atoms with Gasteiger partial charge < -0.3 is 5.11 Å². The van der Waals surface area contributed by atoms with Crippen LogP contribution in [0.1, 0.15) is 52.9 Å². The van der Waals surface area contributed by atoms with Crippen LogP contribution in [0.5, 0.6) is 0 Å². The third-order valence-corrected chi connectivity index (χ3v) is 1.82. The Morgan fingerprint density at radius 1 is 1.15 bits per heavy atom. The van der Waals surface area contributed by atoms with Crippen LogP contribution in [0.3, 0.4) is 0 Å². The molecule has 0 radical (unpaired) electrons. The van der Waals surface area contributed by atoms with Crippen molar-refractivity contribution in [2.45, 2.75) is 52.9 Å². The molecule has 0 aliphatic carbocycles. The van der Waals surface area contributed by atoms with Crippen LogP contribution in [-0.2, 0) is 32.1 Å². The van der Waals surface area contributed by atoms with E-state index in [1.165, 1.54) is 6.42 Å². The van der Waals surface area contributed by atoms with Gasteiger partial charge in [-0.1, -0.05) is 33.6 Å². The molecule has 3 heteroatoms. The van der Waals surface area contributed by atoms with Gasteiger partial charge in [0.1, 0.15) is 0 Å². The molecule has 0 unspecified atom stereocenters. The van der Waals surface area contributed by atoms with Crippen LogP contribution >= 0.6 is 0 Å². The topological polar surface area (TPSA) is 37.3 Å². The Balaban J connectivity index is 0. The van der Waals surface area contributed by atoms with E-state index < -0.39 is 5.97 Å². The Hall–Kier alpha value is 0.392. The van der Waals surface area contributed by atoms with Gasteiger partial charge in [-0.15, -0.1) is 0 Å². The van der Waals surface area contributed by atoms with Crippen LogP contribution in [0.15, 0.2) is 0 Å². The maximum atomic E-state index is 10.2. The van der Waals surface area contributed by atoms with Gasteiger partial charge in [0.25, 0.3) is 0 Å². The summed E-state index contributed by atoms with van der Waals surface area (Å²) in [6.07, 6.45) is 4.53. The smallest absolute Gasteiger partial charge is 0.303 e. The summed E-state index contributed by atoms with van der Waals surface area (Å²) in [6.45, 7) is 6.64. The third-order valence-electron chi connectivity index (χ3n) is 1.82. The maximum Gasteiger partial charge on any atom is 0.303 e. The van der Waals surface area contributed by atoms with Crippen LogP contribution < -0.4 is 0 Å². The van der Waals surface area contributed by atoms with Crippen molar-refractivity contribution in [1.82, 2.24) is 0 Å². The largest absolute Gasteiger partial charge is 0.481 e. The van der Waals surface area contributed by atoms with Gasteiger partial charge in [-0.05, 0) is 18.3 Å². The molecule has 1 N–H and O–H groups in total. The Morgan fingerprint density at radius 2 is 1.69 bits per heavy atom. The van der Waals surface area contributed by atoms with Gasteiger partial charge in [0.2, 0.25) is 0 Å². The molecule has 0 aliphatic heterocycles. The number of carboxylic acids is 1. The number of carbonyl (C=O) groups is 1. The second-order valence-electron chi connectivity index (χ2n) is 4.52. The normalized spacial score (nSPS) is 10.7. The van der Waals surface area contributed by atoms with E-state index >= 15 is 0 Å². The Kier molecular flexibility index (Phi) is 9.46. The molecule has 0 aliphatic rings. The van der Waals surface area contributed by atoms with E-state index in [0.29, 0.717) is 11.8 Å². The minimum atomic E-state index is -0.675. The van der Waals surface area contributed by atoms with E-state index in [4.69, 9.17) is 5.11 Å². The first-order valence-corrected chi connectivity index (χ1v) is 4.63. The fourth-order valence-electron chi connectivity index (χ4n) is 1.11. The van der Waals surface area contributed by atoms with Crippen LogP contribution in [0, 0.1) is 5.41 Å². The van der Waals surface area contributed by atoms with Crippen molar-refractivity contribution in [3.8, 4) is 0 Å². The van der Waals surface area contributed by atoms with Gasteiger partial charge in [0.05, 0.1) is 0 Å². The van der Waals surface area contributed by atoms with Crippen LogP contribution in [0.2, 0.25) is 0 Å². The van der Waals surface area contributed by atoms with Crippen molar-refractivity contribution >= 4 is 5.97 Å². The van der Waals surface area contributed by atoms with Gasteiger partial charge in [0.15, 0.2) is 0 Å². The molecule has 0 aromatic carbocycles. The molecule has 0 heterocycles. The van der Waals surface area contributed by atoms with Crippen molar-refractivity contribution in [3.63, 3.8) is 0 Å². The quantitative estimate of drug-likeness (QED) is 0.622. The minimum absolute atomic E-state index is 0. The molecule has 0 atom stereocenters.